The molecule has 3 amide bonds. The Morgan fingerprint density at radius 2 is 1.24 bits per heavy atom. The van der Waals surface area contributed by atoms with Crippen molar-refractivity contribution in [1.82, 2.24) is 5.32 Å². The third-order valence-corrected chi connectivity index (χ3v) is 9.28. The summed E-state index contributed by atoms with van der Waals surface area (Å²) < 4.78 is 1.07. The van der Waals surface area contributed by atoms with E-state index < -0.39 is 17.1 Å². The zero-order valence-corrected chi connectivity index (χ0v) is 28.5. The molecule has 3 N–H and O–H groups in total. The highest BCUT2D eigenvalue weighted by Crippen LogP contribution is 2.37. The Hall–Kier alpha value is -4.09. The molecule has 0 saturated heterocycles. The fraction of sp³-hybridized carbons (Fsp3) is 0.0278. The Labute approximate surface area is 294 Å². The van der Waals surface area contributed by atoms with Crippen LogP contribution in [0.15, 0.2) is 138 Å². The second kappa shape index (κ2) is 16.0. The number of rotatable bonds is 10. The molecule has 5 aromatic carbocycles. The predicted octanol–water partition coefficient (Wildman–Crippen LogP) is 9.48. The number of hydrogen-bond acceptors (Lipinski definition) is 4. The molecule has 46 heavy (non-hydrogen) atoms. The molecule has 6 nitrogen and oxygen atoms in total. The summed E-state index contributed by atoms with van der Waals surface area (Å²) in [6.45, 7) is 0. The summed E-state index contributed by atoms with van der Waals surface area (Å²) in [5.74, 6) is -1.19. The molecule has 0 aliphatic rings. The summed E-state index contributed by atoms with van der Waals surface area (Å²) >= 11 is 16.3. The minimum atomic E-state index is -0.570. The van der Waals surface area contributed by atoms with E-state index in [0.717, 1.165) is 14.0 Å². The quantitative estimate of drug-likeness (QED) is 0.0750. The van der Waals surface area contributed by atoms with E-state index in [0.29, 0.717) is 32.5 Å². The number of halogens is 3. The van der Waals surface area contributed by atoms with Crippen LogP contribution in [0.1, 0.15) is 26.7 Å². The van der Waals surface area contributed by atoms with Crippen LogP contribution in [0.5, 0.6) is 0 Å². The molecule has 0 aliphatic carbocycles. The molecular formula is C36H26Cl2IN3O3S. The van der Waals surface area contributed by atoms with E-state index >= 15 is 0 Å². The third kappa shape index (κ3) is 9.01. The Bertz CT molecular complexity index is 1850. The number of hydrogen-bond donors (Lipinski definition) is 3. The zero-order chi connectivity index (χ0) is 32.5. The minimum Gasteiger partial charge on any atom is -0.325 e. The first-order chi connectivity index (χ1) is 22.3. The number of carbonyl (C=O) groups is 3. The second-order valence-electron chi connectivity index (χ2n) is 9.90. The highest BCUT2D eigenvalue weighted by molar-refractivity contribution is 14.1. The van der Waals surface area contributed by atoms with Crippen molar-refractivity contribution in [2.24, 2.45) is 0 Å². The first-order valence-electron chi connectivity index (χ1n) is 14.0. The Balaban J connectivity index is 1.34. The molecular weight excluding hydrogens is 752 g/mol. The van der Waals surface area contributed by atoms with Crippen molar-refractivity contribution < 1.29 is 14.4 Å². The van der Waals surface area contributed by atoms with Gasteiger partial charge in [-0.25, -0.2) is 0 Å². The topological polar surface area (TPSA) is 87.3 Å². The van der Waals surface area contributed by atoms with Gasteiger partial charge in [0.15, 0.2) is 0 Å². The molecule has 0 aromatic heterocycles. The highest BCUT2D eigenvalue weighted by atomic mass is 127. The molecule has 0 fully saturated rings. The summed E-state index contributed by atoms with van der Waals surface area (Å²) in [4.78, 5) is 40.7. The molecule has 5 rings (SSSR count). The first kappa shape index (κ1) is 33.3. The van der Waals surface area contributed by atoms with E-state index in [-0.39, 0.29) is 11.6 Å². The fourth-order valence-corrected chi connectivity index (χ4v) is 6.22. The average Bonchev–Trinajstić information content (AvgIpc) is 3.07. The van der Waals surface area contributed by atoms with Crippen molar-refractivity contribution in [2.75, 3.05) is 10.6 Å². The maximum atomic E-state index is 13.5. The molecule has 0 heterocycles. The zero-order valence-electron chi connectivity index (χ0n) is 24.0. The van der Waals surface area contributed by atoms with E-state index in [4.69, 9.17) is 23.2 Å². The molecule has 5 aromatic rings. The largest absolute Gasteiger partial charge is 0.325 e. The standard InChI is InChI=1S/C36H26Cl2IN3O3S/c37-30-12-7-13-31(38)29(30)22-32(42-34(43)24-10-5-2-6-11-24)35(44)40-27-18-20-28(21-19-27)46-33(23-8-3-1-4-9-23)36(45)41-26-16-14-25(39)15-17-26/h1-22,33H,(H,40,44)(H,41,45)(H,42,43)/b32-22-. The Kier molecular flexibility index (Phi) is 11.5. The molecule has 0 bridgehead atoms. The lowest BCUT2D eigenvalue weighted by Crippen LogP contribution is -2.30. The fourth-order valence-electron chi connectivity index (χ4n) is 4.33. The van der Waals surface area contributed by atoms with Gasteiger partial charge in [0.05, 0.1) is 0 Å². The molecule has 0 spiro atoms. The predicted molar refractivity (Wildman–Crippen MR) is 196 cm³/mol. The molecule has 10 heteroatoms. The van der Waals surface area contributed by atoms with Crippen molar-refractivity contribution in [3.8, 4) is 0 Å². The molecule has 0 aliphatic heterocycles. The number of amides is 3. The normalized spacial score (nSPS) is 11.8. The van der Waals surface area contributed by atoms with Gasteiger partial charge in [0.1, 0.15) is 10.9 Å². The van der Waals surface area contributed by atoms with Gasteiger partial charge in [0.25, 0.3) is 11.8 Å². The lowest BCUT2D eigenvalue weighted by Gasteiger charge is -2.17. The van der Waals surface area contributed by atoms with Gasteiger partial charge in [0.2, 0.25) is 5.91 Å². The molecule has 1 unspecified atom stereocenters. The van der Waals surface area contributed by atoms with Crippen molar-refractivity contribution >= 4 is 92.7 Å². The van der Waals surface area contributed by atoms with Gasteiger partial charge in [-0.3, -0.25) is 14.4 Å². The third-order valence-electron chi connectivity index (χ3n) is 6.64. The molecule has 230 valence electrons. The molecule has 0 saturated carbocycles. The lowest BCUT2D eigenvalue weighted by atomic mass is 10.1. The van der Waals surface area contributed by atoms with Crippen molar-refractivity contribution in [3.05, 3.63) is 163 Å². The van der Waals surface area contributed by atoms with Crippen LogP contribution in [-0.4, -0.2) is 17.7 Å². The van der Waals surface area contributed by atoms with Crippen LogP contribution in [-0.2, 0) is 9.59 Å². The van der Waals surface area contributed by atoms with E-state index in [1.165, 1.54) is 17.8 Å². The van der Waals surface area contributed by atoms with Crippen molar-refractivity contribution in [1.29, 1.82) is 0 Å². The van der Waals surface area contributed by atoms with Gasteiger partial charge >= 0.3 is 0 Å². The van der Waals surface area contributed by atoms with Crippen LogP contribution in [0, 0.1) is 3.57 Å². The summed E-state index contributed by atoms with van der Waals surface area (Å²) in [6.07, 6.45) is 1.45. The van der Waals surface area contributed by atoms with Crippen LogP contribution >= 0.6 is 57.6 Å². The van der Waals surface area contributed by atoms with E-state index in [1.807, 2.05) is 66.7 Å². The maximum absolute atomic E-state index is 13.5. The molecule has 0 radical (unpaired) electrons. The van der Waals surface area contributed by atoms with E-state index in [1.54, 1.807) is 60.7 Å². The minimum absolute atomic E-state index is 0.0429. The summed E-state index contributed by atoms with van der Waals surface area (Å²) in [7, 11) is 0. The first-order valence-corrected chi connectivity index (χ1v) is 16.7. The van der Waals surface area contributed by atoms with Gasteiger partial charge in [-0.1, -0.05) is 77.8 Å². The summed E-state index contributed by atoms with van der Waals surface area (Å²) in [6, 6.07) is 37.8. The van der Waals surface area contributed by atoms with Crippen LogP contribution in [0.25, 0.3) is 6.08 Å². The lowest BCUT2D eigenvalue weighted by molar-refractivity contribution is -0.116. The van der Waals surface area contributed by atoms with Crippen LogP contribution in [0.3, 0.4) is 0 Å². The summed E-state index contributed by atoms with van der Waals surface area (Å²) in [5.41, 5.74) is 2.79. The molecule has 1 atom stereocenters. The summed E-state index contributed by atoms with van der Waals surface area (Å²) in [5, 5.41) is 8.67. The average molecular weight is 778 g/mol. The maximum Gasteiger partial charge on any atom is 0.272 e. The number of nitrogens with one attached hydrogen (secondary N) is 3. The smallest absolute Gasteiger partial charge is 0.272 e. The van der Waals surface area contributed by atoms with Gasteiger partial charge in [0, 0.05) is 41.0 Å². The SMILES string of the molecule is O=C(Nc1ccc(SC(C(=O)Nc2ccc(I)cc2)c2ccccc2)cc1)/C(=C/c1c(Cl)cccc1Cl)NC(=O)c1ccccc1. The Morgan fingerprint density at radius 3 is 1.87 bits per heavy atom. The van der Waals surface area contributed by atoms with Crippen molar-refractivity contribution in [3.63, 3.8) is 0 Å². The van der Waals surface area contributed by atoms with Gasteiger partial charge in [-0.05, 0) is 107 Å². The van der Waals surface area contributed by atoms with Gasteiger partial charge in [-0.15, -0.1) is 11.8 Å². The van der Waals surface area contributed by atoms with Crippen LogP contribution < -0.4 is 16.0 Å². The number of thioether (sulfide) groups is 1. The van der Waals surface area contributed by atoms with Crippen molar-refractivity contribution in [2.45, 2.75) is 10.1 Å². The van der Waals surface area contributed by atoms with E-state index in [9.17, 15) is 14.4 Å². The Morgan fingerprint density at radius 1 is 0.674 bits per heavy atom. The van der Waals surface area contributed by atoms with E-state index in [2.05, 4.69) is 38.5 Å². The van der Waals surface area contributed by atoms with Gasteiger partial charge in [-0.2, -0.15) is 0 Å². The highest BCUT2D eigenvalue weighted by Gasteiger charge is 2.23. The number of anilines is 2. The number of carbonyl (C=O) groups excluding carboxylic acids is 3. The number of benzene rings is 5. The monoisotopic (exact) mass is 777 g/mol. The van der Waals surface area contributed by atoms with Crippen LogP contribution in [0.2, 0.25) is 10.0 Å². The van der Waals surface area contributed by atoms with Gasteiger partial charge < -0.3 is 16.0 Å². The second-order valence-corrected chi connectivity index (χ2v) is 13.1. The van der Waals surface area contributed by atoms with Crippen LogP contribution in [0.4, 0.5) is 11.4 Å².